The molecule has 29 heavy (non-hydrogen) atoms. The predicted molar refractivity (Wildman–Crippen MR) is 113 cm³/mol. The number of aromatic nitrogens is 1. The molecule has 0 aliphatic carbocycles. The van der Waals surface area contributed by atoms with E-state index in [0.29, 0.717) is 24.3 Å². The molecule has 4 rings (SSSR count). The summed E-state index contributed by atoms with van der Waals surface area (Å²) in [5.74, 6) is 0.722. The summed E-state index contributed by atoms with van der Waals surface area (Å²) in [4.78, 5) is 33.4. The van der Waals surface area contributed by atoms with Gasteiger partial charge >= 0.3 is 0 Å². The Balaban J connectivity index is 1.38. The van der Waals surface area contributed by atoms with Crippen molar-refractivity contribution in [3.63, 3.8) is 0 Å². The lowest BCUT2D eigenvalue weighted by atomic mass is 10.1. The molecule has 1 aliphatic heterocycles. The molecule has 148 valence electrons. The van der Waals surface area contributed by atoms with Crippen LogP contribution in [0.15, 0.2) is 69.9 Å². The van der Waals surface area contributed by atoms with Gasteiger partial charge in [-0.15, -0.1) is 0 Å². The fraction of sp³-hybridized carbons (Fsp3) is 0.190. The van der Waals surface area contributed by atoms with E-state index >= 15 is 0 Å². The second kappa shape index (κ2) is 8.48. The van der Waals surface area contributed by atoms with Gasteiger partial charge in [0.15, 0.2) is 5.76 Å². The maximum absolute atomic E-state index is 12.9. The Kier molecular flexibility index (Phi) is 5.62. The monoisotopic (exact) mass is 454 g/mol. The minimum absolute atomic E-state index is 0.0532. The van der Waals surface area contributed by atoms with Gasteiger partial charge in [-0.25, -0.2) is 4.98 Å². The average molecular weight is 455 g/mol. The van der Waals surface area contributed by atoms with E-state index in [9.17, 15) is 9.59 Å². The van der Waals surface area contributed by atoms with Gasteiger partial charge < -0.3 is 19.5 Å². The van der Waals surface area contributed by atoms with Crippen LogP contribution in [0.25, 0.3) is 0 Å². The number of pyridine rings is 1. The number of nitrogens with one attached hydrogen (secondary N) is 1. The molecular formula is C21H19BrN4O3. The van der Waals surface area contributed by atoms with Gasteiger partial charge in [-0.1, -0.05) is 6.07 Å². The number of amides is 2. The number of piperazine rings is 1. The summed E-state index contributed by atoms with van der Waals surface area (Å²) >= 11 is 3.39. The third-order valence-electron chi connectivity index (χ3n) is 4.72. The van der Waals surface area contributed by atoms with Crippen molar-refractivity contribution < 1.29 is 14.0 Å². The summed E-state index contributed by atoms with van der Waals surface area (Å²) in [7, 11) is 0. The molecule has 1 aromatic carbocycles. The Morgan fingerprint density at radius 1 is 1.03 bits per heavy atom. The van der Waals surface area contributed by atoms with Crippen molar-refractivity contribution in [2.45, 2.75) is 0 Å². The first-order valence-corrected chi connectivity index (χ1v) is 10.0. The summed E-state index contributed by atoms with van der Waals surface area (Å²) in [6.07, 6.45) is 3.22. The Morgan fingerprint density at radius 3 is 2.55 bits per heavy atom. The first kappa shape index (κ1) is 19.2. The van der Waals surface area contributed by atoms with Crippen LogP contribution in [0.2, 0.25) is 0 Å². The molecule has 0 saturated carbocycles. The lowest BCUT2D eigenvalue weighted by molar-refractivity contribution is 0.0746. The largest absolute Gasteiger partial charge is 0.459 e. The zero-order chi connectivity index (χ0) is 20.2. The maximum atomic E-state index is 12.9. The predicted octanol–water partition coefficient (Wildman–Crippen LogP) is 3.65. The van der Waals surface area contributed by atoms with Crippen LogP contribution in [0.4, 0.5) is 11.5 Å². The number of hydrogen-bond acceptors (Lipinski definition) is 5. The second-order valence-corrected chi connectivity index (χ2v) is 7.54. The number of halogens is 1. The van der Waals surface area contributed by atoms with Crippen LogP contribution in [0.1, 0.15) is 20.9 Å². The van der Waals surface area contributed by atoms with Crippen LogP contribution in [0, 0.1) is 0 Å². The number of hydrogen-bond donors (Lipinski definition) is 1. The van der Waals surface area contributed by atoms with Crippen LogP contribution >= 0.6 is 15.9 Å². The Labute approximate surface area is 176 Å². The smallest absolute Gasteiger partial charge is 0.291 e. The number of furan rings is 1. The number of rotatable bonds is 4. The SMILES string of the molecule is O=C(Nc1cccc(C(=O)N2CCN(c3ccc(Br)cn3)CC2)c1)c1ccco1. The molecule has 3 aromatic rings. The first-order valence-electron chi connectivity index (χ1n) is 9.21. The van der Waals surface area contributed by atoms with Crippen LogP contribution < -0.4 is 10.2 Å². The zero-order valence-corrected chi connectivity index (χ0v) is 17.1. The van der Waals surface area contributed by atoms with Crippen molar-refractivity contribution in [3.05, 3.63) is 76.8 Å². The highest BCUT2D eigenvalue weighted by Gasteiger charge is 2.23. The first-order chi connectivity index (χ1) is 14.1. The number of nitrogens with zero attached hydrogens (tertiary/aromatic N) is 3. The van der Waals surface area contributed by atoms with E-state index in [1.54, 1.807) is 42.6 Å². The standard InChI is InChI=1S/C21H19BrN4O3/c22-16-6-7-19(23-14-16)25-8-10-26(11-9-25)21(28)15-3-1-4-17(13-15)24-20(27)18-5-2-12-29-18/h1-7,12-14H,8-11H2,(H,24,27). The highest BCUT2D eigenvalue weighted by atomic mass is 79.9. The molecule has 2 aromatic heterocycles. The fourth-order valence-corrected chi connectivity index (χ4v) is 3.44. The molecule has 1 fully saturated rings. The van der Waals surface area contributed by atoms with Crippen LogP contribution in [0.3, 0.4) is 0 Å². The molecule has 1 saturated heterocycles. The van der Waals surface area contributed by atoms with Gasteiger partial charge in [-0.2, -0.15) is 0 Å². The minimum atomic E-state index is -0.352. The van der Waals surface area contributed by atoms with Gasteiger partial charge in [0.1, 0.15) is 5.82 Å². The van der Waals surface area contributed by atoms with Gasteiger partial charge in [-0.3, -0.25) is 9.59 Å². The zero-order valence-electron chi connectivity index (χ0n) is 15.5. The minimum Gasteiger partial charge on any atom is -0.459 e. The van der Waals surface area contributed by atoms with Gasteiger partial charge in [-0.05, 0) is 58.4 Å². The van der Waals surface area contributed by atoms with Crippen LogP contribution in [-0.4, -0.2) is 47.9 Å². The second-order valence-electron chi connectivity index (χ2n) is 6.63. The Morgan fingerprint density at radius 2 is 1.86 bits per heavy atom. The van der Waals surface area contributed by atoms with Crippen molar-refractivity contribution in [1.82, 2.24) is 9.88 Å². The third kappa shape index (κ3) is 4.48. The van der Waals surface area contributed by atoms with Crippen molar-refractivity contribution in [3.8, 4) is 0 Å². The highest BCUT2D eigenvalue weighted by molar-refractivity contribution is 9.10. The van der Waals surface area contributed by atoms with E-state index in [1.807, 2.05) is 17.0 Å². The molecule has 7 nitrogen and oxygen atoms in total. The summed E-state index contributed by atoms with van der Waals surface area (Å²) < 4.78 is 6.03. The summed E-state index contributed by atoms with van der Waals surface area (Å²) in [5.41, 5.74) is 1.09. The topological polar surface area (TPSA) is 78.7 Å². The van der Waals surface area contributed by atoms with E-state index in [-0.39, 0.29) is 17.6 Å². The van der Waals surface area contributed by atoms with E-state index in [4.69, 9.17) is 4.42 Å². The fourth-order valence-electron chi connectivity index (χ4n) is 3.21. The van der Waals surface area contributed by atoms with Crippen molar-refractivity contribution >= 4 is 39.2 Å². The molecular weight excluding hydrogens is 436 g/mol. The number of anilines is 2. The van der Waals surface area contributed by atoms with Crippen molar-refractivity contribution in [2.24, 2.45) is 0 Å². The molecule has 0 radical (unpaired) electrons. The lowest BCUT2D eigenvalue weighted by Gasteiger charge is -2.35. The molecule has 0 atom stereocenters. The molecule has 8 heteroatoms. The lowest BCUT2D eigenvalue weighted by Crippen LogP contribution is -2.49. The van der Waals surface area contributed by atoms with E-state index in [2.05, 4.69) is 31.1 Å². The maximum Gasteiger partial charge on any atom is 0.291 e. The Hall–Kier alpha value is -3.13. The molecule has 1 aliphatic rings. The third-order valence-corrected chi connectivity index (χ3v) is 5.18. The highest BCUT2D eigenvalue weighted by Crippen LogP contribution is 2.19. The van der Waals surface area contributed by atoms with Gasteiger partial charge in [0, 0.05) is 48.1 Å². The summed E-state index contributed by atoms with van der Waals surface area (Å²) in [5, 5.41) is 2.75. The van der Waals surface area contributed by atoms with E-state index < -0.39 is 0 Å². The Bertz CT molecular complexity index is 997. The van der Waals surface area contributed by atoms with E-state index in [0.717, 1.165) is 23.4 Å². The number of carbonyl (C=O) groups excluding carboxylic acids is 2. The number of carbonyl (C=O) groups is 2. The summed E-state index contributed by atoms with van der Waals surface area (Å²) in [6.45, 7) is 2.66. The molecule has 1 N–H and O–H groups in total. The van der Waals surface area contributed by atoms with Crippen LogP contribution in [-0.2, 0) is 0 Å². The van der Waals surface area contributed by atoms with Gasteiger partial charge in [0.05, 0.1) is 6.26 Å². The van der Waals surface area contributed by atoms with Crippen molar-refractivity contribution in [1.29, 1.82) is 0 Å². The van der Waals surface area contributed by atoms with Gasteiger partial charge in [0.2, 0.25) is 0 Å². The van der Waals surface area contributed by atoms with Crippen molar-refractivity contribution in [2.75, 3.05) is 36.4 Å². The average Bonchev–Trinajstić information content (AvgIpc) is 3.29. The molecule has 0 spiro atoms. The molecule has 2 amide bonds. The molecule has 0 unspecified atom stereocenters. The van der Waals surface area contributed by atoms with Crippen LogP contribution in [0.5, 0.6) is 0 Å². The van der Waals surface area contributed by atoms with Gasteiger partial charge in [0.25, 0.3) is 11.8 Å². The van der Waals surface area contributed by atoms with E-state index in [1.165, 1.54) is 6.26 Å². The molecule has 3 heterocycles. The quantitative estimate of drug-likeness (QED) is 0.650. The number of benzene rings is 1. The normalized spacial score (nSPS) is 14.0. The molecule has 0 bridgehead atoms. The summed E-state index contributed by atoms with van der Waals surface area (Å²) in [6, 6.07) is 14.1.